The van der Waals surface area contributed by atoms with Gasteiger partial charge in [0.05, 0.1) is 5.69 Å². The molecule has 168 valence electrons. The lowest BCUT2D eigenvalue weighted by Crippen LogP contribution is -2.53. The molecule has 1 aromatic heterocycles. The number of hydrogen-bond acceptors (Lipinski definition) is 5. The Morgan fingerprint density at radius 1 is 1.17 bits per heavy atom. The van der Waals surface area contributed by atoms with Crippen LogP contribution < -0.4 is 11.1 Å². The van der Waals surface area contributed by atoms with Gasteiger partial charge in [0.25, 0.3) is 0 Å². The molecule has 1 aliphatic rings. The van der Waals surface area contributed by atoms with Crippen molar-refractivity contribution in [2.75, 3.05) is 39.3 Å². The Labute approximate surface area is 181 Å². The number of nitrogens with one attached hydrogen (secondary N) is 1. The number of primary amides is 1. The van der Waals surface area contributed by atoms with Crippen molar-refractivity contribution in [1.82, 2.24) is 20.1 Å². The van der Waals surface area contributed by atoms with E-state index in [-0.39, 0.29) is 23.7 Å². The van der Waals surface area contributed by atoms with E-state index in [4.69, 9.17) is 5.73 Å². The first-order valence-corrected chi connectivity index (χ1v) is 11.3. The molecule has 1 saturated heterocycles. The highest BCUT2D eigenvalue weighted by molar-refractivity contribution is 5.87. The standard InChI is InChI=1S/C23H39N5O2/c1-4-7-20(22(24)29)21(16-18(2)3)23(30)28-14-12-27(13-15-28)11-10-25-17-19-8-5-6-9-26-19/h5-6,8-9,18,20-21,25H,4,7,10-17H2,1-3H3,(H2,24,29)/t20-,21+/m0/s1. The van der Waals surface area contributed by atoms with Crippen LogP contribution in [0.4, 0.5) is 0 Å². The van der Waals surface area contributed by atoms with Crippen LogP contribution >= 0.6 is 0 Å². The average Bonchev–Trinajstić information content (AvgIpc) is 2.74. The third-order valence-electron chi connectivity index (χ3n) is 5.81. The van der Waals surface area contributed by atoms with E-state index in [1.54, 1.807) is 0 Å². The molecule has 1 fully saturated rings. The Hall–Kier alpha value is -1.99. The highest BCUT2D eigenvalue weighted by atomic mass is 16.2. The molecular weight excluding hydrogens is 378 g/mol. The van der Waals surface area contributed by atoms with E-state index >= 15 is 0 Å². The number of nitrogens with two attached hydrogens (primary N) is 1. The highest BCUT2D eigenvalue weighted by Crippen LogP contribution is 2.27. The van der Waals surface area contributed by atoms with Gasteiger partial charge in [-0.2, -0.15) is 0 Å². The fourth-order valence-electron chi connectivity index (χ4n) is 4.18. The monoisotopic (exact) mass is 417 g/mol. The van der Waals surface area contributed by atoms with Crippen LogP contribution in [0.2, 0.25) is 0 Å². The van der Waals surface area contributed by atoms with Gasteiger partial charge in [0.1, 0.15) is 0 Å². The van der Waals surface area contributed by atoms with Crippen molar-refractivity contribution >= 4 is 11.8 Å². The van der Waals surface area contributed by atoms with E-state index in [9.17, 15) is 9.59 Å². The summed E-state index contributed by atoms with van der Waals surface area (Å²) in [6.45, 7) is 12.0. The lowest BCUT2D eigenvalue weighted by atomic mass is 9.81. The van der Waals surface area contributed by atoms with Gasteiger partial charge in [0, 0.05) is 63.8 Å². The van der Waals surface area contributed by atoms with Gasteiger partial charge in [0.15, 0.2) is 0 Å². The predicted molar refractivity (Wildman–Crippen MR) is 120 cm³/mol. The normalized spacial score (nSPS) is 17.1. The second-order valence-electron chi connectivity index (χ2n) is 8.70. The van der Waals surface area contributed by atoms with Gasteiger partial charge in [-0.25, -0.2) is 0 Å². The molecular formula is C23H39N5O2. The van der Waals surface area contributed by atoms with E-state index in [2.05, 4.69) is 29.0 Å². The number of carbonyl (C=O) groups excluding carboxylic acids is 2. The first kappa shape index (κ1) is 24.3. The van der Waals surface area contributed by atoms with E-state index < -0.39 is 0 Å². The maximum absolute atomic E-state index is 13.3. The van der Waals surface area contributed by atoms with Crippen LogP contribution in [0.25, 0.3) is 0 Å². The van der Waals surface area contributed by atoms with Crippen LogP contribution in [-0.4, -0.2) is 65.9 Å². The van der Waals surface area contributed by atoms with Gasteiger partial charge < -0.3 is 16.0 Å². The number of nitrogens with zero attached hydrogens (tertiary/aromatic N) is 3. The Morgan fingerprint density at radius 3 is 2.47 bits per heavy atom. The molecule has 0 radical (unpaired) electrons. The zero-order chi connectivity index (χ0) is 21.9. The van der Waals surface area contributed by atoms with Crippen LogP contribution in [0.3, 0.4) is 0 Å². The summed E-state index contributed by atoms with van der Waals surface area (Å²) in [4.78, 5) is 33.9. The molecule has 0 saturated carbocycles. The van der Waals surface area contributed by atoms with Gasteiger partial charge in [-0.3, -0.25) is 19.5 Å². The number of pyridine rings is 1. The van der Waals surface area contributed by atoms with Crippen LogP contribution in [-0.2, 0) is 16.1 Å². The third-order valence-corrected chi connectivity index (χ3v) is 5.81. The van der Waals surface area contributed by atoms with Crippen LogP contribution in [0.15, 0.2) is 24.4 Å². The lowest BCUT2D eigenvalue weighted by molar-refractivity contribution is -0.143. The van der Waals surface area contributed by atoms with Crippen molar-refractivity contribution in [3.8, 4) is 0 Å². The van der Waals surface area contributed by atoms with Crippen molar-refractivity contribution < 1.29 is 9.59 Å². The van der Waals surface area contributed by atoms with Crippen LogP contribution in [0.1, 0.15) is 45.7 Å². The molecule has 2 amide bonds. The van der Waals surface area contributed by atoms with Gasteiger partial charge in [-0.05, 0) is 30.9 Å². The highest BCUT2D eigenvalue weighted by Gasteiger charge is 2.35. The maximum Gasteiger partial charge on any atom is 0.226 e. The van der Waals surface area contributed by atoms with E-state index in [1.165, 1.54) is 0 Å². The summed E-state index contributed by atoms with van der Waals surface area (Å²) < 4.78 is 0. The average molecular weight is 418 g/mol. The molecule has 7 nitrogen and oxygen atoms in total. The fraction of sp³-hybridized carbons (Fsp3) is 0.696. The zero-order valence-electron chi connectivity index (χ0n) is 18.8. The Balaban J connectivity index is 1.81. The first-order chi connectivity index (χ1) is 14.4. The van der Waals surface area contributed by atoms with Crippen molar-refractivity contribution in [3.05, 3.63) is 30.1 Å². The third kappa shape index (κ3) is 7.69. The molecule has 7 heteroatoms. The smallest absolute Gasteiger partial charge is 0.226 e. The lowest BCUT2D eigenvalue weighted by Gasteiger charge is -2.38. The molecule has 2 atom stereocenters. The summed E-state index contributed by atoms with van der Waals surface area (Å²) in [5, 5.41) is 3.43. The number of carbonyl (C=O) groups is 2. The fourth-order valence-corrected chi connectivity index (χ4v) is 4.18. The Morgan fingerprint density at radius 2 is 1.90 bits per heavy atom. The zero-order valence-corrected chi connectivity index (χ0v) is 18.8. The molecule has 1 aliphatic heterocycles. The molecule has 2 heterocycles. The van der Waals surface area contributed by atoms with E-state index in [0.717, 1.165) is 44.8 Å². The number of aromatic nitrogens is 1. The Kier molecular flexibility index (Phi) is 10.2. The van der Waals surface area contributed by atoms with Crippen molar-refractivity contribution in [3.63, 3.8) is 0 Å². The molecule has 0 unspecified atom stereocenters. The SMILES string of the molecule is CCC[C@H](C(N)=O)[C@@H](CC(C)C)C(=O)N1CCN(CCNCc2ccccn2)CC1. The molecule has 0 bridgehead atoms. The van der Waals surface area contributed by atoms with Crippen molar-refractivity contribution in [2.24, 2.45) is 23.5 Å². The van der Waals surface area contributed by atoms with Gasteiger partial charge in [0.2, 0.25) is 11.8 Å². The molecule has 0 spiro atoms. The number of hydrogen-bond donors (Lipinski definition) is 2. The first-order valence-electron chi connectivity index (χ1n) is 11.3. The number of amides is 2. The summed E-state index contributed by atoms with van der Waals surface area (Å²) in [6.07, 6.45) is 4.06. The second kappa shape index (κ2) is 12.6. The van der Waals surface area contributed by atoms with Gasteiger partial charge in [-0.1, -0.05) is 33.3 Å². The quantitative estimate of drug-likeness (QED) is 0.507. The minimum Gasteiger partial charge on any atom is -0.369 e. The van der Waals surface area contributed by atoms with E-state index in [1.807, 2.05) is 36.2 Å². The van der Waals surface area contributed by atoms with Gasteiger partial charge >= 0.3 is 0 Å². The molecule has 0 aliphatic carbocycles. The molecule has 2 rings (SSSR count). The van der Waals surface area contributed by atoms with E-state index in [0.29, 0.717) is 31.8 Å². The summed E-state index contributed by atoms with van der Waals surface area (Å²) in [7, 11) is 0. The summed E-state index contributed by atoms with van der Waals surface area (Å²) in [6, 6.07) is 5.93. The molecule has 1 aromatic rings. The second-order valence-corrected chi connectivity index (χ2v) is 8.70. The minimum atomic E-state index is -0.362. The number of piperazine rings is 1. The van der Waals surface area contributed by atoms with Gasteiger partial charge in [-0.15, -0.1) is 0 Å². The molecule has 3 N–H and O–H groups in total. The number of rotatable bonds is 12. The molecule has 30 heavy (non-hydrogen) atoms. The van der Waals surface area contributed by atoms with Crippen LogP contribution in [0, 0.1) is 17.8 Å². The predicted octanol–water partition coefficient (Wildman–Crippen LogP) is 1.88. The van der Waals surface area contributed by atoms with Crippen molar-refractivity contribution in [1.29, 1.82) is 0 Å². The maximum atomic E-state index is 13.3. The summed E-state index contributed by atoms with van der Waals surface area (Å²) in [5.41, 5.74) is 6.71. The Bertz CT molecular complexity index is 644. The summed E-state index contributed by atoms with van der Waals surface area (Å²) in [5.74, 6) is -0.542. The molecule has 0 aromatic carbocycles. The largest absolute Gasteiger partial charge is 0.369 e. The van der Waals surface area contributed by atoms with Crippen molar-refractivity contribution in [2.45, 2.75) is 46.6 Å². The van der Waals surface area contributed by atoms with Crippen LogP contribution in [0.5, 0.6) is 0 Å². The summed E-state index contributed by atoms with van der Waals surface area (Å²) >= 11 is 0. The topological polar surface area (TPSA) is 91.6 Å². The minimum absolute atomic E-state index is 0.105.